The van der Waals surface area contributed by atoms with Crippen molar-refractivity contribution in [1.82, 2.24) is 15.0 Å². The van der Waals surface area contributed by atoms with Crippen molar-refractivity contribution in [2.24, 2.45) is 0 Å². The summed E-state index contributed by atoms with van der Waals surface area (Å²) in [4.78, 5) is 12.5. The summed E-state index contributed by atoms with van der Waals surface area (Å²) in [5, 5.41) is 6.62. The molecule has 0 unspecified atom stereocenters. The van der Waals surface area contributed by atoms with E-state index in [2.05, 4.69) is 39.4 Å². The summed E-state index contributed by atoms with van der Waals surface area (Å²) in [7, 11) is 0. The molecule has 2 N–H and O–H groups in total. The van der Waals surface area contributed by atoms with E-state index in [0.29, 0.717) is 11.9 Å². The van der Waals surface area contributed by atoms with E-state index in [0.717, 1.165) is 25.9 Å². The first-order valence-corrected chi connectivity index (χ1v) is 11.0. The number of aromatic nitrogens is 3. The van der Waals surface area contributed by atoms with Gasteiger partial charge in [0.05, 0.1) is 0 Å². The molecule has 26 heavy (non-hydrogen) atoms. The van der Waals surface area contributed by atoms with Crippen molar-refractivity contribution in [3.8, 4) is 0 Å². The molecule has 1 aromatic rings. The first-order valence-electron chi connectivity index (χ1n) is 10.7. The van der Waals surface area contributed by atoms with Gasteiger partial charge in [-0.2, -0.15) is 15.0 Å². The number of halogens is 1. The van der Waals surface area contributed by atoms with Gasteiger partial charge in [0.1, 0.15) is 0 Å². The number of hydrogen-bond donors (Lipinski definition) is 2. The summed E-state index contributed by atoms with van der Waals surface area (Å²) < 4.78 is 0. The summed E-state index contributed by atoms with van der Waals surface area (Å²) >= 11 is 5.95. The highest BCUT2D eigenvalue weighted by Crippen LogP contribution is 2.13. The Balaban J connectivity index is 1.98. The van der Waals surface area contributed by atoms with Gasteiger partial charge in [-0.05, 0) is 24.4 Å². The number of nitrogens with zero attached hydrogens (tertiary/aromatic N) is 3. The van der Waals surface area contributed by atoms with Crippen LogP contribution in [-0.2, 0) is 0 Å². The summed E-state index contributed by atoms with van der Waals surface area (Å²) in [6, 6.07) is 0. The molecule has 0 amide bonds. The van der Waals surface area contributed by atoms with Gasteiger partial charge in [-0.3, -0.25) is 0 Å². The van der Waals surface area contributed by atoms with Crippen molar-refractivity contribution in [3.05, 3.63) is 5.28 Å². The molecule has 0 saturated heterocycles. The Bertz CT molecular complexity index is 456. The topological polar surface area (TPSA) is 62.7 Å². The van der Waals surface area contributed by atoms with Crippen LogP contribution >= 0.6 is 11.6 Å². The molecule has 6 heteroatoms. The highest BCUT2D eigenvalue weighted by atomic mass is 35.5. The van der Waals surface area contributed by atoms with Crippen LogP contribution in [0.4, 0.5) is 11.9 Å². The first-order chi connectivity index (χ1) is 12.8. The fourth-order valence-electron chi connectivity index (χ4n) is 2.91. The Kier molecular flexibility index (Phi) is 14.2. The minimum Gasteiger partial charge on any atom is -0.354 e. The van der Waals surface area contributed by atoms with E-state index in [1.54, 1.807) is 0 Å². The lowest BCUT2D eigenvalue weighted by Gasteiger charge is -2.08. The molecule has 0 bridgehead atoms. The maximum absolute atomic E-state index is 5.95. The first kappa shape index (κ1) is 22.9. The normalized spacial score (nSPS) is 10.9. The van der Waals surface area contributed by atoms with Crippen LogP contribution in [0.2, 0.25) is 5.28 Å². The van der Waals surface area contributed by atoms with Gasteiger partial charge in [-0.25, -0.2) is 0 Å². The number of rotatable bonds is 17. The van der Waals surface area contributed by atoms with Gasteiger partial charge in [0.25, 0.3) is 0 Å². The zero-order chi connectivity index (χ0) is 18.9. The third-order valence-corrected chi connectivity index (χ3v) is 4.62. The van der Waals surface area contributed by atoms with E-state index in [4.69, 9.17) is 11.6 Å². The molecule has 150 valence electrons. The lowest BCUT2D eigenvalue weighted by molar-refractivity contribution is 0.546. The minimum absolute atomic E-state index is 0.232. The molecule has 0 atom stereocenters. The zero-order valence-corrected chi connectivity index (χ0v) is 17.6. The summed E-state index contributed by atoms with van der Waals surface area (Å²) in [6.45, 7) is 6.09. The van der Waals surface area contributed by atoms with E-state index in [-0.39, 0.29) is 5.28 Å². The van der Waals surface area contributed by atoms with Crippen LogP contribution in [0.3, 0.4) is 0 Å². The largest absolute Gasteiger partial charge is 0.354 e. The molecule has 1 rings (SSSR count). The van der Waals surface area contributed by atoms with Crippen LogP contribution in [0, 0.1) is 0 Å². The third kappa shape index (κ3) is 12.3. The molecule has 5 nitrogen and oxygen atoms in total. The van der Waals surface area contributed by atoms with Gasteiger partial charge in [-0.1, -0.05) is 84.5 Å². The van der Waals surface area contributed by atoms with Crippen LogP contribution in [0.5, 0.6) is 0 Å². The van der Waals surface area contributed by atoms with Crippen LogP contribution in [-0.4, -0.2) is 28.0 Å². The van der Waals surface area contributed by atoms with Gasteiger partial charge in [-0.15, -0.1) is 0 Å². The predicted octanol–water partition coefficient (Wildman–Crippen LogP) is 6.46. The minimum atomic E-state index is 0.232. The molecule has 0 aromatic carbocycles. The van der Waals surface area contributed by atoms with Crippen molar-refractivity contribution in [2.45, 2.75) is 97.3 Å². The molecule has 1 aromatic heterocycles. The lowest BCUT2D eigenvalue weighted by atomic mass is 10.1. The second-order valence-electron chi connectivity index (χ2n) is 6.99. The lowest BCUT2D eigenvalue weighted by Crippen LogP contribution is -2.10. The average molecular weight is 384 g/mol. The summed E-state index contributed by atoms with van der Waals surface area (Å²) in [5.74, 6) is 1.11. The SMILES string of the molecule is CCCCCCCCCCCCCCNc1nc(Cl)nc(NCCC)n1. The van der Waals surface area contributed by atoms with Crippen LogP contribution in [0.1, 0.15) is 97.3 Å². The fraction of sp³-hybridized carbons (Fsp3) is 0.850. The second kappa shape index (κ2) is 16.1. The van der Waals surface area contributed by atoms with Crippen LogP contribution in [0.15, 0.2) is 0 Å². The predicted molar refractivity (Wildman–Crippen MR) is 113 cm³/mol. The average Bonchev–Trinajstić information content (AvgIpc) is 2.63. The van der Waals surface area contributed by atoms with Crippen LogP contribution in [0.25, 0.3) is 0 Å². The smallest absolute Gasteiger partial charge is 0.228 e. The molecule has 1 heterocycles. The van der Waals surface area contributed by atoms with E-state index in [1.807, 2.05) is 0 Å². The van der Waals surface area contributed by atoms with Gasteiger partial charge in [0, 0.05) is 13.1 Å². The second-order valence-corrected chi connectivity index (χ2v) is 7.33. The maximum atomic E-state index is 5.95. The van der Waals surface area contributed by atoms with Crippen molar-refractivity contribution in [1.29, 1.82) is 0 Å². The fourth-order valence-corrected chi connectivity index (χ4v) is 3.07. The molecule has 0 aliphatic heterocycles. The van der Waals surface area contributed by atoms with Gasteiger partial charge in [0.15, 0.2) is 0 Å². The quantitative estimate of drug-likeness (QED) is 0.302. The van der Waals surface area contributed by atoms with Crippen molar-refractivity contribution >= 4 is 23.5 Å². The highest BCUT2D eigenvalue weighted by Gasteiger charge is 2.03. The number of unbranched alkanes of at least 4 members (excludes halogenated alkanes) is 11. The van der Waals surface area contributed by atoms with Gasteiger partial charge < -0.3 is 10.6 Å². The van der Waals surface area contributed by atoms with E-state index in [9.17, 15) is 0 Å². The van der Waals surface area contributed by atoms with Crippen LogP contribution < -0.4 is 10.6 Å². The van der Waals surface area contributed by atoms with Crippen molar-refractivity contribution in [2.75, 3.05) is 23.7 Å². The number of anilines is 2. The Morgan fingerprint density at radius 2 is 1.04 bits per heavy atom. The molecule has 0 spiro atoms. The third-order valence-electron chi connectivity index (χ3n) is 4.45. The highest BCUT2D eigenvalue weighted by molar-refractivity contribution is 6.28. The Hall–Kier alpha value is -1.10. The molecule has 0 aliphatic rings. The van der Waals surface area contributed by atoms with Crippen molar-refractivity contribution in [3.63, 3.8) is 0 Å². The Labute approximate surface area is 165 Å². The van der Waals surface area contributed by atoms with Crippen molar-refractivity contribution < 1.29 is 0 Å². The summed E-state index contributed by atoms with van der Waals surface area (Å²) in [5.41, 5.74) is 0. The van der Waals surface area contributed by atoms with E-state index < -0.39 is 0 Å². The Morgan fingerprint density at radius 1 is 0.577 bits per heavy atom. The molecule has 0 radical (unpaired) electrons. The molecule has 0 fully saturated rings. The van der Waals surface area contributed by atoms with E-state index >= 15 is 0 Å². The molecule has 0 saturated carbocycles. The molecule has 0 aliphatic carbocycles. The zero-order valence-electron chi connectivity index (χ0n) is 16.8. The number of hydrogen-bond acceptors (Lipinski definition) is 5. The summed E-state index contributed by atoms with van der Waals surface area (Å²) in [6.07, 6.45) is 17.3. The van der Waals surface area contributed by atoms with Gasteiger partial charge >= 0.3 is 0 Å². The van der Waals surface area contributed by atoms with E-state index in [1.165, 1.54) is 70.6 Å². The molecular weight excluding hydrogens is 346 g/mol. The Morgan fingerprint density at radius 3 is 1.54 bits per heavy atom. The monoisotopic (exact) mass is 383 g/mol. The molecular formula is C20H38ClN5. The number of nitrogens with one attached hydrogen (secondary N) is 2. The standard InChI is InChI=1S/C20H38ClN5/c1-3-5-6-7-8-9-10-11-12-13-14-15-17-23-20-25-18(21)24-19(26-20)22-16-4-2/h3-17H2,1-2H3,(H2,22,23,24,25,26). The van der Waals surface area contributed by atoms with Gasteiger partial charge in [0.2, 0.25) is 17.2 Å². The maximum Gasteiger partial charge on any atom is 0.228 e.